The summed E-state index contributed by atoms with van der Waals surface area (Å²) < 4.78 is 4.86. The molecule has 13 heteroatoms. The predicted molar refractivity (Wildman–Crippen MR) is 207 cm³/mol. The van der Waals surface area contributed by atoms with E-state index in [9.17, 15) is 28.8 Å². The van der Waals surface area contributed by atoms with Gasteiger partial charge in [0.25, 0.3) is 0 Å². The number of ether oxygens (including phenoxy) is 1. The quantitative estimate of drug-likeness (QED) is 0.103. The van der Waals surface area contributed by atoms with Crippen LogP contribution in [0.2, 0.25) is 0 Å². The fourth-order valence-electron chi connectivity index (χ4n) is 5.85. The molecule has 300 valence electrons. The average Bonchev–Trinajstić information content (AvgIpc) is 3.05. The highest BCUT2D eigenvalue weighted by Gasteiger charge is 2.38. The lowest BCUT2D eigenvalue weighted by Gasteiger charge is -2.34. The maximum absolute atomic E-state index is 14.1. The summed E-state index contributed by atoms with van der Waals surface area (Å²) >= 11 is 0. The van der Waals surface area contributed by atoms with Crippen LogP contribution in [0.3, 0.4) is 0 Å². The van der Waals surface area contributed by atoms with E-state index < -0.39 is 71.3 Å². The number of nitrogens with one attached hydrogen (secondary N) is 5. The molecule has 0 spiro atoms. The van der Waals surface area contributed by atoms with E-state index in [4.69, 9.17) is 10.5 Å². The summed E-state index contributed by atoms with van der Waals surface area (Å²) in [5, 5.41) is 14.3. The van der Waals surface area contributed by atoms with E-state index in [1.807, 2.05) is 92.6 Å². The van der Waals surface area contributed by atoms with Crippen molar-refractivity contribution in [1.29, 1.82) is 0 Å². The van der Waals surface area contributed by atoms with Crippen molar-refractivity contribution in [2.24, 2.45) is 34.8 Å². The predicted octanol–water partition coefficient (Wildman–Crippen LogP) is 3.38. The van der Waals surface area contributed by atoms with Crippen molar-refractivity contribution < 1.29 is 33.5 Å². The molecule has 0 radical (unpaired) electrons. The van der Waals surface area contributed by atoms with E-state index in [1.54, 1.807) is 13.8 Å². The molecular formula is C40H68N6O7. The van der Waals surface area contributed by atoms with Gasteiger partial charge in [0.2, 0.25) is 29.5 Å². The third kappa shape index (κ3) is 16.7. The molecule has 1 aromatic carbocycles. The molecule has 0 aliphatic carbocycles. The SMILES string of the molecule is CC[C@H](C)[C@H](NC(=O)C[C@H](N)[C@H](Cc1ccccc1)NC(=O)[C@@H](NC(=O)[C@H](CC(C)C)NC(=O)CC(C)C)C(C)(C)C)C(=O)N[C@H](C(=O)OC)C(C)C. The lowest BCUT2D eigenvalue weighted by molar-refractivity contribution is -0.147. The topological polar surface area (TPSA) is 198 Å². The maximum atomic E-state index is 14.1. The van der Waals surface area contributed by atoms with Crippen LogP contribution in [0.5, 0.6) is 0 Å². The Bertz CT molecular complexity index is 1340. The van der Waals surface area contributed by atoms with Crippen LogP contribution in [0.1, 0.15) is 107 Å². The van der Waals surface area contributed by atoms with Crippen LogP contribution in [0, 0.1) is 29.1 Å². The summed E-state index contributed by atoms with van der Waals surface area (Å²) in [6, 6.07) is 4.06. The Labute approximate surface area is 317 Å². The van der Waals surface area contributed by atoms with Crippen LogP contribution >= 0.6 is 0 Å². The van der Waals surface area contributed by atoms with E-state index in [0.717, 1.165) is 5.56 Å². The summed E-state index contributed by atoms with van der Waals surface area (Å²) in [4.78, 5) is 79.7. The fourth-order valence-corrected chi connectivity index (χ4v) is 5.85. The number of benzene rings is 1. The Hall–Kier alpha value is -4.00. The zero-order chi connectivity index (χ0) is 40.6. The highest BCUT2D eigenvalue weighted by atomic mass is 16.5. The van der Waals surface area contributed by atoms with Crippen LogP contribution in [-0.2, 0) is 39.9 Å². The second-order valence-corrected chi connectivity index (χ2v) is 16.5. The fraction of sp³-hybridized carbons (Fsp3) is 0.700. The van der Waals surface area contributed by atoms with Gasteiger partial charge in [-0.15, -0.1) is 0 Å². The van der Waals surface area contributed by atoms with Gasteiger partial charge in [-0.1, -0.05) is 113 Å². The first-order valence-corrected chi connectivity index (χ1v) is 19.0. The van der Waals surface area contributed by atoms with E-state index in [1.165, 1.54) is 7.11 Å². The molecule has 1 aromatic rings. The molecule has 7 N–H and O–H groups in total. The summed E-state index contributed by atoms with van der Waals surface area (Å²) in [5.74, 6) is -3.09. The average molecular weight is 745 g/mol. The molecule has 13 nitrogen and oxygen atoms in total. The molecule has 0 unspecified atom stereocenters. The lowest BCUT2D eigenvalue weighted by atomic mass is 9.85. The first-order chi connectivity index (χ1) is 24.6. The number of nitrogens with two attached hydrogens (primary N) is 1. The molecule has 1 rings (SSSR count). The molecule has 0 aliphatic rings. The van der Waals surface area contributed by atoms with Crippen molar-refractivity contribution in [2.45, 2.75) is 145 Å². The Morgan fingerprint density at radius 3 is 1.79 bits per heavy atom. The minimum Gasteiger partial charge on any atom is -0.467 e. The Balaban J connectivity index is 3.32. The van der Waals surface area contributed by atoms with Gasteiger partial charge in [-0.25, -0.2) is 4.79 Å². The first-order valence-electron chi connectivity index (χ1n) is 19.0. The molecule has 0 aliphatic heterocycles. The second-order valence-electron chi connectivity index (χ2n) is 16.5. The molecule has 0 fully saturated rings. The molecule has 5 amide bonds. The Kier molecular flexibility index (Phi) is 19.8. The van der Waals surface area contributed by atoms with Crippen LogP contribution in [-0.4, -0.2) is 78.9 Å². The van der Waals surface area contributed by atoms with E-state index in [0.29, 0.717) is 12.8 Å². The van der Waals surface area contributed by atoms with Gasteiger partial charge in [0.15, 0.2) is 0 Å². The van der Waals surface area contributed by atoms with Gasteiger partial charge >= 0.3 is 5.97 Å². The van der Waals surface area contributed by atoms with Crippen LogP contribution in [0.4, 0.5) is 0 Å². The van der Waals surface area contributed by atoms with Gasteiger partial charge in [-0.2, -0.15) is 0 Å². The molecule has 53 heavy (non-hydrogen) atoms. The third-order valence-electron chi connectivity index (χ3n) is 9.16. The summed E-state index contributed by atoms with van der Waals surface area (Å²) in [6.45, 7) is 20.5. The maximum Gasteiger partial charge on any atom is 0.328 e. The van der Waals surface area contributed by atoms with Crippen molar-refractivity contribution >= 4 is 35.5 Å². The highest BCUT2D eigenvalue weighted by molar-refractivity contribution is 5.93. The Morgan fingerprint density at radius 1 is 0.717 bits per heavy atom. The first kappa shape index (κ1) is 47.0. The van der Waals surface area contributed by atoms with Crippen LogP contribution in [0.25, 0.3) is 0 Å². The Morgan fingerprint density at radius 2 is 1.30 bits per heavy atom. The number of methoxy groups -OCH3 is 1. The molecule has 0 saturated carbocycles. The van der Waals surface area contributed by atoms with Crippen LogP contribution < -0.4 is 32.3 Å². The normalized spacial score (nSPS) is 15.7. The molecule has 0 bridgehead atoms. The van der Waals surface area contributed by atoms with Gasteiger partial charge in [0.1, 0.15) is 24.2 Å². The molecule has 0 saturated heterocycles. The summed E-state index contributed by atoms with van der Waals surface area (Å²) in [6.07, 6.45) is 1.29. The zero-order valence-corrected chi connectivity index (χ0v) is 34.1. The smallest absolute Gasteiger partial charge is 0.328 e. The minimum absolute atomic E-state index is 0.0990. The molecule has 0 heterocycles. The minimum atomic E-state index is -1.01. The largest absolute Gasteiger partial charge is 0.467 e. The number of rotatable bonds is 21. The highest BCUT2D eigenvalue weighted by Crippen LogP contribution is 2.21. The number of carbonyl (C=O) groups is 6. The van der Waals surface area contributed by atoms with Gasteiger partial charge in [0, 0.05) is 24.9 Å². The monoisotopic (exact) mass is 745 g/mol. The zero-order valence-electron chi connectivity index (χ0n) is 34.1. The number of amides is 5. The summed E-state index contributed by atoms with van der Waals surface area (Å²) in [7, 11) is 1.25. The second kappa shape index (κ2) is 22.3. The van der Waals surface area contributed by atoms with E-state index >= 15 is 0 Å². The van der Waals surface area contributed by atoms with Crippen molar-refractivity contribution in [3.8, 4) is 0 Å². The van der Waals surface area contributed by atoms with Gasteiger partial charge < -0.3 is 37.1 Å². The standard InChI is InChI=1S/C40H68N6O7/c1-13-26(8)34(37(50)45-33(25(6)7)39(52)53-12)44-32(48)22-28(41)29(21-27-17-15-14-16-18-27)43-38(51)35(40(9,10)11)46-36(49)30(19-23(2)3)42-31(47)20-24(4)5/h14-18,23-26,28-30,33-35H,13,19-22,41H2,1-12H3,(H,42,47)(H,43,51)(H,44,48)(H,45,50)(H,46,49)/t26-,28-,29-,30-,33-,34-,35+/m0/s1. The lowest BCUT2D eigenvalue weighted by Crippen LogP contribution is -2.61. The van der Waals surface area contributed by atoms with Gasteiger partial charge in [-0.3, -0.25) is 24.0 Å². The number of hydrogen-bond acceptors (Lipinski definition) is 8. The molecular weight excluding hydrogens is 676 g/mol. The van der Waals surface area contributed by atoms with Gasteiger partial charge in [0.05, 0.1) is 7.11 Å². The van der Waals surface area contributed by atoms with Crippen molar-refractivity contribution in [2.75, 3.05) is 7.11 Å². The number of carbonyl (C=O) groups excluding carboxylic acids is 6. The molecule has 0 aromatic heterocycles. The van der Waals surface area contributed by atoms with Gasteiger partial charge in [-0.05, 0) is 47.5 Å². The van der Waals surface area contributed by atoms with Crippen LogP contribution in [0.15, 0.2) is 30.3 Å². The number of hydrogen-bond donors (Lipinski definition) is 6. The number of esters is 1. The van der Waals surface area contributed by atoms with E-state index in [2.05, 4.69) is 26.6 Å². The third-order valence-corrected chi connectivity index (χ3v) is 9.16. The van der Waals surface area contributed by atoms with Crippen molar-refractivity contribution in [3.63, 3.8) is 0 Å². The van der Waals surface area contributed by atoms with Crippen molar-refractivity contribution in [3.05, 3.63) is 35.9 Å². The van der Waals surface area contributed by atoms with Crippen molar-refractivity contribution in [1.82, 2.24) is 26.6 Å². The van der Waals surface area contributed by atoms with E-state index in [-0.39, 0.29) is 48.8 Å². The molecule has 7 atom stereocenters. The summed E-state index contributed by atoms with van der Waals surface area (Å²) in [5.41, 5.74) is 6.82.